The highest BCUT2D eigenvalue weighted by molar-refractivity contribution is 7.93. The number of aliphatic hydroxyl groups excluding tert-OH is 1. The molecule has 0 aromatic rings. The fourth-order valence-corrected chi connectivity index (χ4v) is 5.82. The number of rotatable bonds is 7. The van der Waals surface area contributed by atoms with Crippen LogP contribution in [0.4, 0.5) is 0 Å². The third-order valence-electron chi connectivity index (χ3n) is 5.30. The summed E-state index contributed by atoms with van der Waals surface area (Å²) in [5.41, 5.74) is 0. The van der Waals surface area contributed by atoms with E-state index in [1.54, 1.807) is 0 Å². The highest BCUT2D eigenvalue weighted by Crippen LogP contribution is 2.45. The van der Waals surface area contributed by atoms with Crippen LogP contribution in [0.15, 0.2) is 0 Å². The normalized spacial score (nSPS) is 27.5. The van der Waals surface area contributed by atoms with Gasteiger partial charge >= 0.3 is 0 Å². The Labute approximate surface area is 159 Å². The standard InChI is InChI=1S/C17H29N3O6S/c1-9(2)6-11(8-21)19-15(23)10(3)18-16(24)14-17(4,5)27(25,26)13-7-12(22)20(13)14/h9-11,13-14,21H,6-8H2,1-5H3,(H,18,24)(H,19,23). The number of hydrogen-bond donors (Lipinski definition) is 3. The van der Waals surface area contributed by atoms with Crippen LogP contribution in [0.2, 0.25) is 0 Å². The van der Waals surface area contributed by atoms with Crippen LogP contribution in [-0.2, 0) is 24.2 Å². The maximum absolute atomic E-state index is 12.7. The minimum Gasteiger partial charge on any atom is -0.394 e. The predicted molar refractivity (Wildman–Crippen MR) is 98.1 cm³/mol. The van der Waals surface area contributed by atoms with Crippen molar-refractivity contribution in [2.24, 2.45) is 5.92 Å². The number of nitrogens with zero attached hydrogens (tertiary/aromatic N) is 1. The number of hydrogen-bond acceptors (Lipinski definition) is 6. The lowest BCUT2D eigenvalue weighted by atomic mass is 9.97. The number of nitrogens with one attached hydrogen (secondary N) is 2. The lowest BCUT2D eigenvalue weighted by Gasteiger charge is -2.37. The van der Waals surface area contributed by atoms with E-state index in [1.165, 1.54) is 20.8 Å². The van der Waals surface area contributed by atoms with Gasteiger partial charge in [-0.25, -0.2) is 8.42 Å². The zero-order chi connectivity index (χ0) is 20.7. The number of carbonyl (C=O) groups is 3. The molecule has 0 aromatic carbocycles. The van der Waals surface area contributed by atoms with Crippen LogP contribution < -0.4 is 10.6 Å². The largest absolute Gasteiger partial charge is 0.394 e. The van der Waals surface area contributed by atoms with Gasteiger partial charge in [0.25, 0.3) is 0 Å². The van der Waals surface area contributed by atoms with Crippen molar-refractivity contribution >= 4 is 27.6 Å². The molecule has 2 rings (SSSR count). The number of β-lactam (4-membered cyclic amide) rings is 1. The number of carbonyl (C=O) groups excluding carboxylic acids is 3. The van der Waals surface area contributed by atoms with Crippen molar-refractivity contribution in [2.45, 2.75) is 75.7 Å². The molecule has 0 spiro atoms. The maximum Gasteiger partial charge on any atom is 0.245 e. The minimum atomic E-state index is -3.67. The summed E-state index contributed by atoms with van der Waals surface area (Å²) in [5.74, 6) is -1.27. The van der Waals surface area contributed by atoms with Gasteiger partial charge in [0, 0.05) is 0 Å². The van der Waals surface area contributed by atoms with Crippen molar-refractivity contribution in [3.05, 3.63) is 0 Å². The molecule has 2 saturated heterocycles. The second kappa shape index (κ2) is 7.38. The van der Waals surface area contributed by atoms with E-state index >= 15 is 0 Å². The van der Waals surface area contributed by atoms with Gasteiger partial charge in [-0.2, -0.15) is 0 Å². The first-order chi connectivity index (χ1) is 12.3. The van der Waals surface area contributed by atoms with E-state index in [0.717, 1.165) is 4.90 Å². The summed E-state index contributed by atoms with van der Waals surface area (Å²) in [7, 11) is -3.67. The SMILES string of the molecule is CC(C)CC(CO)NC(=O)C(C)NC(=O)C1N2C(=O)CC2S(=O)(=O)C1(C)C. The van der Waals surface area contributed by atoms with E-state index in [0.29, 0.717) is 6.42 Å². The molecule has 3 N–H and O–H groups in total. The van der Waals surface area contributed by atoms with E-state index in [9.17, 15) is 27.9 Å². The Hall–Kier alpha value is -1.68. The van der Waals surface area contributed by atoms with E-state index < -0.39 is 49.9 Å². The van der Waals surface area contributed by atoms with Crippen molar-refractivity contribution in [1.82, 2.24) is 15.5 Å². The van der Waals surface area contributed by atoms with Gasteiger partial charge < -0.3 is 20.6 Å². The number of fused-ring (bicyclic) bond motifs is 1. The summed E-state index contributed by atoms with van der Waals surface area (Å²) in [4.78, 5) is 38.0. The molecule has 0 aliphatic carbocycles. The van der Waals surface area contributed by atoms with Gasteiger partial charge in [-0.05, 0) is 33.1 Å². The third kappa shape index (κ3) is 3.69. The fraction of sp³-hybridized carbons (Fsp3) is 0.824. The van der Waals surface area contributed by atoms with Gasteiger partial charge in [-0.15, -0.1) is 0 Å². The van der Waals surface area contributed by atoms with Crippen LogP contribution in [0.1, 0.15) is 47.5 Å². The van der Waals surface area contributed by atoms with Crippen LogP contribution in [-0.4, -0.2) is 71.0 Å². The Morgan fingerprint density at radius 3 is 2.33 bits per heavy atom. The minimum absolute atomic E-state index is 0.112. The molecule has 154 valence electrons. The Morgan fingerprint density at radius 1 is 1.26 bits per heavy atom. The van der Waals surface area contributed by atoms with Gasteiger partial charge in [0.2, 0.25) is 17.7 Å². The van der Waals surface area contributed by atoms with E-state index in [4.69, 9.17) is 0 Å². The van der Waals surface area contributed by atoms with Crippen LogP contribution in [0.5, 0.6) is 0 Å². The first kappa shape index (κ1) is 21.6. The summed E-state index contributed by atoms with van der Waals surface area (Å²) in [6, 6.07) is -2.54. The van der Waals surface area contributed by atoms with Crippen molar-refractivity contribution in [1.29, 1.82) is 0 Å². The van der Waals surface area contributed by atoms with Crippen LogP contribution in [0.25, 0.3) is 0 Å². The number of sulfone groups is 1. The molecule has 4 unspecified atom stereocenters. The molecule has 2 fully saturated rings. The zero-order valence-corrected chi connectivity index (χ0v) is 17.2. The molecule has 0 saturated carbocycles. The molecule has 2 aliphatic rings. The average Bonchev–Trinajstić information content (AvgIpc) is 2.67. The Bertz CT molecular complexity index is 733. The maximum atomic E-state index is 12.7. The lowest BCUT2D eigenvalue weighted by molar-refractivity contribution is -0.150. The molecular formula is C17H29N3O6S. The van der Waals surface area contributed by atoms with Gasteiger partial charge in [-0.1, -0.05) is 13.8 Å². The molecule has 9 nitrogen and oxygen atoms in total. The summed E-state index contributed by atoms with van der Waals surface area (Å²) in [6.07, 6.45) is 0.472. The third-order valence-corrected chi connectivity index (χ3v) is 8.10. The zero-order valence-electron chi connectivity index (χ0n) is 16.4. The van der Waals surface area contributed by atoms with Gasteiger partial charge in [0.15, 0.2) is 9.84 Å². The monoisotopic (exact) mass is 403 g/mol. The molecule has 27 heavy (non-hydrogen) atoms. The van der Waals surface area contributed by atoms with Crippen LogP contribution in [0, 0.1) is 5.92 Å². The molecular weight excluding hydrogens is 374 g/mol. The average molecular weight is 404 g/mol. The van der Waals surface area contributed by atoms with Crippen LogP contribution in [0.3, 0.4) is 0 Å². The molecule has 4 atom stereocenters. The van der Waals surface area contributed by atoms with Gasteiger partial charge in [0.1, 0.15) is 17.5 Å². The van der Waals surface area contributed by atoms with Gasteiger partial charge in [0.05, 0.1) is 23.8 Å². The number of amides is 3. The first-order valence-electron chi connectivity index (χ1n) is 9.10. The van der Waals surface area contributed by atoms with E-state index in [1.807, 2.05) is 13.8 Å². The molecule has 0 bridgehead atoms. The summed E-state index contributed by atoms with van der Waals surface area (Å²) in [5, 5.41) is 13.6. The van der Waals surface area contributed by atoms with Gasteiger partial charge in [-0.3, -0.25) is 14.4 Å². The molecule has 2 heterocycles. The molecule has 3 amide bonds. The Kier molecular flexibility index (Phi) is 5.91. The summed E-state index contributed by atoms with van der Waals surface area (Å²) >= 11 is 0. The van der Waals surface area contributed by atoms with E-state index in [2.05, 4.69) is 10.6 Å². The summed E-state index contributed by atoms with van der Waals surface area (Å²) < 4.78 is 23.7. The Morgan fingerprint density at radius 2 is 1.85 bits per heavy atom. The second-order valence-electron chi connectivity index (χ2n) is 8.26. The molecule has 2 aliphatic heterocycles. The highest BCUT2D eigenvalue weighted by atomic mass is 32.2. The van der Waals surface area contributed by atoms with E-state index in [-0.39, 0.29) is 24.9 Å². The molecule has 10 heteroatoms. The topological polar surface area (TPSA) is 133 Å². The fourth-order valence-electron chi connectivity index (χ4n) is 3.69. The Balaban J connectivity index is 2.07. The second-order valence-corrected chi connectivity index (χ2v) is 10.9. The smallest absolute Gasteiger partial charge is 0.245 e. The van der Waals surface area contributed by atoms with Crippen molar-refractivity contribution in [3.8, 4) is 0 Å². The molecule has 0 aromatic heterocycles. The van der Waals surface area contributed by atoms with Crippen molar-refractivity contribution in [2.75, 3.05) is 6.61 Å². The lowest BCUT2D eigenvalue weighted by Crippen LogP contribution is -2.61. The first-order valence-corrected chi connectivity index (χ1v) is 10.7. The van der Waals surface area contributed by atoms with Crippen molar-refractivity contribution in [3.63, 3.8) is 0 Å². The quantitative estimate of drug-likeness (QED) is 0.474. The highest BCUT2D eigenvalue weighted by Gasteiger charge is 2.67. The van der Waals surface area contributed by atoms with Crippen LogP contribution >= 0.6 is 0 Å². The summed E-state index contributed by atoms with van der Waals surface area (Å²) in [6.45, 7) is 8.03. The predicted octanol–water partition coefficient (Wildman–Crippen LogP) is -0.852. The van der Waals surface area contributed by atoms with Crippen molar-refractivity contribution < 1.29 is 27.9 Å². The number of aliphatic hydroxyl groups is 1. The molecule has 0 radical (unpaired) electrons.